The van der Waals surface area contributed by atoms with E-state index >= 15 is 0 Å². The predicted octanol–water partition coefficient (Wildman–Crippen LogP) is 2.88. The lowest BCUT2D eigenvalue weighted by atomic mass is 10.1. The third kappa shape index (κ3) is 3.68. The van der Waals surface area contributed by atoms with Crippen molar-refractivity contribution in [3.8, 4) is 0 Å². The fourth-order valence-electron chi connectivity index (χ4n) is 2.83. The molecular formula is C17H19N5O3. The minimum absolute atomic E-state index is 0.141. The van der Waals surface area contributed by atoms with Gasteiger partial charge in [0.15, 0.2) is 0 Å². The molecule has 0 aliphatic carbocycles. The summed E-state index contributed by atoms with van der Waals surface area (Å²) < 4.78 is 0. The van der Waals surface area contributed by atoms with Gasteiger partial charge < -0.3 is 15.5 Å². The molecule has 1 saturated heterocycles. The molecule has 1 amide bonds. The Bertz CT molecular complexity index is 785. The van der Waals surface area contributed by atoms with Crippen LogP contribution in [0.2, 0.25) is 0 Å². The third-order valence-corrected chi connectivity index (χ3v) is 4.16. The van der Waals surface area contributed by atoms with Crippen molar-refractivity contribution in [1.82, 2.24) is 4.98 Å². The molecule has 2 aromatic rings. The summed E-state index contributed by atoms with van der Waals surface area (Å²) in [5.74, 6) is 0.478. The average molecular weight is 341 g/mol. The quantitative estimate of drug-likeness (QED) is 0.641. The molecule has 1 aromatic heterocycles. The van der Waals surface area contributed by atoms with E-state index < -0.39 is 10.8 Å². The van der Waals surface area contributed by atoms with Gasteiger partial charge in [0, 0.05) is 31.8 Å². The summed E-state index contributed by atoms with van der Waals surface area (Å²) >= 11 is 0. The second-order valence-corrected chi connectivity index (χ2v) is 5.79. The molecule has 1 fully saturated rings. The zero-order chi connectivity index (χ0) is 17.8. The number of hydrogen-bond acceptors (Lipinski definition) is 6. The molecule has 2 heterocycles. The van der Waals surface area contributed by atoms with E-state index in [0.717, 1.165) is 18.9 Å². The van der Waals surface area contributed by atoms with Crippen LogP contribution >= 0.6 is 0 Å². The SMILES string of the molecule is CNc1ccc(C(=O)Nc2ccc(N3CCCC3)nc2)cc1[N+](=O)[O-]. The van der Waals surface area contributed by atoms with E-state index in [-0.39, 0.29) is 11.3 Å². The number of aromatic nitrogens is 1. The summed E-state index contributed by atoms with van der Waals surface area (Å²) in [5, 5.41) is 16.6. The number of carbonyl (C=O) groups is 1. The molecule has 1 aromatic carbocycles. The van der Waals surface area contributed by atoms with Crippen LogP contribution in [-0.4, -0.2) is 36.0 Å². The Morgan fingerprint density at radius 3 is 2.60 bits per heavy atom. The smallest absolute Gasteiger partial charge is 0.293 e. The highest BCUT2D eigenvalue weighted by atomic mass is 16.6. The van der Waals surface area contributed by atoms with Gasteiger partial charge in [-0.05, 0) is 37.1 Å². The molecule has 25 heavy (non-hydrogen) atoms. The van der Waals surface area contributed by atoms with Gasteiger partial charge in [0.25, 0.3) is 11.6 Å². The first-order valence-electron chi connectivity index (χ1n) is 8.07. The van der Waals surface area contributed by atoms with Crippen molar-refractivity contribution >= 4 is 28.8 Å². The molecule has 3 rings (SSSR count). The van der Waals surface area contributed by atoms with Crippen LogP contribution in [0, 0.1) is 10.1 Å². The van der Waals surface area contributed by atoms with Gasteiger partial charge in [-0.25, -0.2) is 4.98 Å². The van der Waals surface area contributed by atoms with Crippen LogP contribution in [0.4, 0.5) is 22.9 Å². The topological polar surface area (TPSA) is 100 Å². The first-order valence-corrected chi connectivity index (χ1v) is 8.07. The highest BCUT2D eigenvalue weighted by molar-refractivity contribution is 6.05. The summed E-state index contributed by atoms with van der Waals surface area (Å²) in [5.41, 5.74) is 0.985. The molecule has 0 bridgehead atoms. The molecule has 0 unspecified atom stereocenters. The predicted molar refractivity (Wildman–Crippen MR) is 96.3 cm³/mol. The molecule has 8 nitrogen and oxygen atoms in total. The summed E-state index contributed by atoms with van der Waals surface area (Å²) in [6.45, 7) is 2.00. The number of anilines is 3. The molecule has 0 atom stereocenters. The first-order chi connectivity index (χ1) is 12.1. The van der Waals surface area contributed by atoms with Gasteiger partial charge in [0.2, 0.25) is 0 Å². The largest absolute Gasteiger partial charge is 0.383 e. The number of amides is 1. The second-order valence-electron chi connectivity index (χ2n) is 5.79. The lowest BCUT2D eigenvalue weighted by Crippen LogP contribution is -2.19. The standard InChI is InChI=1S/C17H19N5O3/c1-18-14-6-4-12(10-15(14)22(24)25)17(23)20-13-5-7-16(19-11-13)21-8-2-3-9-21/h4-7,10-11,18H,2-3,8-9H2,1H3,(H,20,23). The van der Waals surface area contributed by atoms with Gasteiger partial charge >= 0.3 is 0 Å². The lowest BCUT2D eigenvalue weighted by Gasteiger charge is -2.16. The van der Waals surface area contributed by atoms with Crippen LogP contribution in [0.5, 0.6) is 0 Å². The molecule has 130 valence electrons. The van der Waals surface area contributed by atoms with E-state index in [2.05, 4.69) is 20.5 Å². The van der Waals surface area contributed by atoms with Crippen LogP contribution in [0.25, 0.3) is 0 Å². The van der Waals surface area contributed by atoms with Crippen molar-refractivity contribution < 1.29 is 9.72 Å². The van der Waals surface area contributed by atoms with Crippen LogP contribution in [0.3, 0.4) is 0 Å². The first kappa shape index (κ1) is 16.7. The Kier molecular flexibility index (Phi) is 4.78. The van der Waals surface area contributed by atoms with Crippen molar-refractivity contribution in [3.05, 3.63) is 52.2 Å². The van der Waals surface area contributed by atoms with Crippen LogP contribution < -0.4 is 15.5 Å². The number of rotatable bonds is 5. The zero-order valence-electron chi connectivity index (χ0n) is 13.9. The van der Waals surface area contributed by atoms with Crippen molar-refractivity contribution in [2.45, 2.75) is 12.8 Å². The fourth-order valence-corrected chi connectivity index (χ4v) is 2.83. The van der Waals surface area contributed by atoms with E-state index in [1.165, 1.54) is 25.0 Å². The number of nitro groups is 1. The Hall–Kier alpha value is -3.16. The Balaban J connectivity index is 1.73. The van der Waals surface area contributed by atoms with Crippen molar-refractivity contribution in [2.75, 3.05) is 35.7 Å². The van der Waals surface area contributed by atoms with Gasteiger partial charge in [-0.1, -0.05) is 0 Å². The van der Waals surface area contributed by atoms with Crippen molar-refractivity contribution in [2.24, 2.45) is 0 Å². The molecule has 2 N–H and O–H groups in total. The number of nitro benzene ring substituents is 1. The maximum absolute atomic E-state index is 12.3. The summed E-state index contributed by atoms with van der Waals surface area (Å²) in [6.07, 6.45) is 3.94. The number of nitrogens with zero attached hydrogens (tertiary/aromatic N) is 3. The Labute approximate surface area is 145 Å². The second kappa shape index (κ2) is 7.16. The van der Waals surface area contributed by atoms with E-state index in [0.29, 0.717) is 11.4 Å². The molecule has 0 radical (unpaired) electrons. The maximum Gasteiger partial charge on any atom is 0.293 e. The number of pyridine rings is 1. The molecule has 1 aliphatic rings. The number of carbonyl (C=O) groups excluding carboxylic acids is 1. The maximum atomic E-state index is 12.3. The monoisotopic (exact) mass is 341 g/mol. The summed E-state index contributed by atoms with van der Waals surface area (Å²) in [7, 11) is 1.59. The molecule has 1 aliphatic heterocycles. The highest BCUT2D eigenvalue weighted by Crippen LogP contribution is 2.25. The van der Waals surface area contributed by atoms with E-state index in [9.17, 15) is 14.9 Å². The molecular weight excluding hydrogens is 322 g/mol. The number of benzene rings is 1. The van der Waals surface area contributed by atoms with Crippen LogP contribution in [0.15, 0.2) is 36.5 Å². The van der Waals surface area contributed by atoms with Crippen molar-refractivity contribution in [1.29, 1.82) is 0 Å². The van der Waals surface area contributed by atoms with Crippen LogP contribution in [-0.2, 0) is 0 Å². The number of hydrogen-bond donors (Lipinski definition) is 2. The highest BCUT2D eigenvalue weighted by Gasteiger charge is 2.17. The van der Waals surface area contributed by atoms with E-state index in [4.69, 9.17) is 0 Å². The van der Waals surface area contributed by atoms with Gasteiger partial charge in [-0.3, -0.25) is 14.9 Å². The zero-order valence-corrected chi connectivity index (χ0v) is 13.9. The molecule has 0 saturated carbocycles. The number of nitrogens with one attached hydrogen (secondary N) is 2. The normalized spacial score (nSPS) is 13.6. The minimum atomic E-state index is -0.519. The summed E-state index contributed by atoms with van der Waals surface area (Å²) in [4.78, 5) is 29.5. The van der Waals surface area contributed by atoms with E-state index in [1.54, 1.807) is 25.4 Å². The third-order valence-electron chi connectivity index (χ3n) is 4.16. The van der Waals surface area contributed by atoms with Gasteiger partial charge in [0.05, 0.1) is 16.8 Å². The van der Waals surface area contributed by atoms with Gasteiger partial charge in [-0.15, -0.1) is 0 Å². The summed E-state index contributed by atoms with van der Waals surface area (Å²) in [6, 6.07) is 7.97. The Morgan fingerprint density at radius 1 is 1.24 bits per heavy atom. The van der Waals surface area contributed by atoms with Gasteiger partial charge in [-0.2, -0.15) is 0 Å². The van der Waals surface area contributed by atoms with Gasteiger partial charge in [0.1, 0.15) is 11.5 Å². The molecule has 8 heteroatoms. The average Bonchev–Trinajstić information content (AvgIpc) is 3.16. The Morgan fingerprint density at radius 2 is 2.00 bits per heavy atom. The minimum Gasteiger partial charge on any atom is -0.383 e. The lowest BCUT2D eigenvalue weighted by molar-refractivity contribution is -0.384. The fraction of sp³-hybridized carbons (Fsp3) is 0.294. The molecule has 0 spiro atoms. The van der Waals surface area contributed by atoms with Crippen molar-refractivity contribution in [3.63, 3.8) is 0 Å². The van der Waals surface area contributed by atoms with Crippen LogP contribution in [0.1, 0.15) is 23.2 Å². The van der Waals surface area contributed by atoms with E-state index in [1.807, 2.05) is 6.07 Å².